The van der Waals surface area contributed by atoms with E-state index in [1.807, 2.05) is 0 Å². The molecule has 2 N–H and O–H groups in total. The van der Waals surface area contributed by atoms with Crippen LogP contribution in [0.25, 0.3) is 0 Å². The monoisotopic (exact) mass is 181 g/mol. The van der Waals surface area contributed by atoms with Crippen LogP contribution in [0, 0.1) is 0 Å². The Balaban J connectivity index is 1.88. The first-order chi connectivity index (χ1) is 5.78. The van der Waals surface area contributed by atoms with E-state index in [1.165, 1.54) is 4.91 Å². The summed E-state index contributed by atoms with van der Waals surface area (Å²) in [6.07, 6.45) is 4.48. The van der Waals surface area contributed by atoms with Gasteiger partial charge in [0.1, 0.15) is 0 Å². The molecule has 1 saturated carbocycles. The van der Waals surface area contributed by atoms with E-state index >= 15 is 0 Å². The first-order valence-corrected chi connectivity index (χ1v) is 5.10. The van der Waals surface area contributed by atoms with Gasteiger partial charge in [-0.2, -0.15) is 0 Å². The molecular weight excluding hydrogens is 170 g/mol. The van der Waals surface area contributed by atoms with E-state index in [0.29, 0.717) is 0 Å². The molecule has 2 aliphatic heterocycles. The third kappa shape index (κ3) is 0.850. The molecule has 1 aliphatic carbocycles. The van der Waals surface area contributed by atoms with Gasteiger partial charge in [0.15, 0.2) is 5.17 Å². The largest absolute Gasteiger partial charge is 0.325 e. The molecule has 0 bridgehead atoms. The molecule has 2 heterocycles. The van der Waals surface area contributed by atoms with E-state index in [-0.39, 0.29) is 5.54 Å². The molecule has 0 aromatic carbocycles. The number of nitrogens with zero attached hydrogens (tertiary/aromatic N) is 2. The Morgan fingerprint density at radius 1 is 1.58 bits per heavy atom. The molecule has 4 heteroatoms. The predicted molar refractivity (Wildman–Crippen MR) is 50.8 cm³/mol. The highest BCUT2D eigenvalue weighted by molar-refractivity contribution is 8.17. The smallest absolute Gasteiger partial charge is 0.168 e. The summed E-state index contributed by atoms with van der Waals surface area (Å²) in [6, 6.07) is 0. The number of fused-ring (bicyclic) bond motifs is 1. The predicted octanol–water partition coefficient (Wildman–Crippen LogP) is 0.737. The lowest BCUT2D eigenvalue weighted by Crippen LogP contribution is -2.22. The lowest BCUT2D eigenvalue weighted by molar-refractivity contribution is 0.616. The van der Waals surface area contributed by atoms with Crippen molar-refractivity contribution in [3.05, 3.63) is 11.1 Å². The molecule has 0 saturated heterocycles. The van der Waals surface area contributed by atoms with Crippen LogP contribution in [0.3, 0.4) is 0 Å². The number of nitrogens with two attached hydrogens (primary N) is 1. The highest BCUT2D eigenvalue weighted by atomic mass is 32.2. The van der Waals surface area contributed by atoms with Crippen molar-refractivity contribution >= 4 is 16.9 Å². The number of hydrogen-bond acceptors (Lipinski definition) is 4. The Hall–Kier alpha value is -0.480. The Morgan fingerprint density at radius 3 is 3.08 bits per heavy atom. The minimum Gasteiger partial charge on any atom is -0.325 e. The maximum Gasteiger partial charge on any atom is 0.168 e. The molecule has 3 aliphatic rings. The van der Waals surface area contributed by atoms with Gasteiger partial charge >= 0.3 is 0 Å². The first-order valence-electron chi connectivity index (χ1n) is 4.28. The van der Waals surface area contributed by atoms with Gasteiger partial charge < -0.3 is 10.6 Å². The van der Waals surface area contributed by atoms with Crippen molar-refractivity contribution in [3.8, 4) is 0 Å². The van der Waals surface area contributed by atoms with Crippen LogP contribution in [0.1, 0.15) is 12.8 Å². The molecule has 3 nitrogen and oxygen atoms in total. The molecule has 0 radical (unpaired) electrons. The molecule has 0 aromatic rings. The summed E-state index contributed by atoms with van der Waals surface area (Å²) in [7, 11) is 0. The topological polar surface area (TPSA) is 41.6 Å². The molecule has 0 aromatic heterocycles. The Morgan fingerprint density at radius 2 is 2.42 bits per heavy atom. The minimum atomic E-state index is 0.0253. The van der Waals surface area contributed by atoms with Gasteiger partial charge in [-0.3, -0.25) is 4.99 Å². The summed E-state index contributed by atoms with van der Waals surface area (Å²) in [5, 5.41) is 1.15. The maximum atomic E-state index is 6.08. The number of rotatable bonds is 1. The van der Waals surface area contributed by atoms with Gasteiger partial charge in [-0.15, -0.1) is 0 Å². The van der Waals surface area contributed by atoms with E-state index < -0.39 is 0 Å². The quantitative estimate of drug-likeness (QED) is 0.648. The Kier molecular flexibility index (Phi) is 1.20. The van der Waals surface area contributed by atoms with E-state index in [0.717, 1.165) is 31.1 Å². The highest BCUT2D eigenvalue weighted by Gasteiger charge is 2.46. The van der Waals surface area contributed by atoms with Crippen molar-refractivity contribution < 1.29 is 0 Å². The SMILES string of the molecule is NC1(C2=CN3CCN=C3S2)CC1. The molecule has 3 rings (SSSR count). The van der Waals surface area contributed by atoms with Gasteiger partial charge in [0, 0.05) is 23.2 Å². The van der Waals surface area contributed by atoms with E-state index in [2.05, 4.69) is 16.1 Å². The second kappa shape index (κ2) is 2.06. The molecule has 0 atom stereocenters. The van der Waals surface area contributed by atoms with Crippen LogP contribution in [-0.4, -0.2) is 28.7 Å². The molecule has 0 spiro atoms. The van der Waals surface area contributed by atoms with Gasteiger partial charge in [-0.05, 0) is 12.8 Å². The highest BCUT2D eigenvalue weighted by Crippen LogP contribution is 2.48. The molecule has 0 amide bonds. The summed E-state index contributed by atoms with van der Waals surface area (Å²) < 4.78 is 0. The molecular formula is C8H11N3S. The lowest BCUT2D eigenvalue weighted by Gasteiger charge is -2.06. The van der Waals surface area contributed by atoms with E-state index in [4.69, 9.17) is 5.73 Å². The van der Waals surface area contributed by atoms with Crippen molar-refractivity contribution in [2.24, 2.45) is 10.7 Å². The third-order valence-electron chi connectivity index (χ3n) is 2.59. The van der Waals surface area contributed by atoms with Crippen LogP contribution in [0.5, 0.6) is 0 Å². The lowest BCUT2D eigenvalue weighted by atomic mass is 10.3. The van der Waals surface area contributed by atoms with Gasteiger partial charge in [-0.1, -0.05) is 11.8 Å². The second-order valence-electron chi connectivity index (χ2n) is 3.61. The van der Waals surface area contributed by atoms with Crippen LogP contribution < -0.4 is 5.73 Å². The standard InChI is InChI=1S/C8H11N3S/c9-8(1-2-8)6-5-11-4-3-10-7(11)12-6/h5H,1-4,9H2. The van der Waals surface area contributed by atoms with Gasteiger partial charge in [0.2, 0.25) is 0 Å². The number of thioether (sulfide) groups is 1. The van der Waals surface area contributed by atoms with Crippen molar-refractivity contribution in [1.29, 1.82) is 0 Å². The van der Waals surface area contributed by atoms with Crippen molar-refractivity contribution in [1.82, 2.24) is 4.90 Å². The Bertz CT molecular complexity index is 291. The summed E-state index contributed by atoms with van der Waals surface area (Å²) in [4.78, 5) is 7.92. The Labute approximate surface area is 75.7 Å². The van der Waals surface area contributed by atoms with Crippen LogP contribution in [0.4, 0.5) is 0 Å². The van der Waals surface area contributed by atoms with Crippen LogP contribution in [0.15, 0.2) is 16.1 Å². The number of amidine groups is 1. The minimum absolute atomic E-state index is 0.0253. The van der Waals surface area contributed by atoms with Gasteiger partial charge in [-0.25, -0.2) is 0 Å². The van der Waals surface area contributed by atoms with Gasteiger partial charge in [0.25, 0.3) is 0 Å². The van der Waals surface area contributed by atoms with E-state index in [9.17, 15) is 0 Å². The number of hydrogen-bond donors (Lipinski definition) is 1. The zero-order chi connectivity index (χ0) is 8.18. The fourth-order valence-corrected chi connectivity index (χ4v) is 2.73. The summed E-state index contributed by atoms with van der Waals surface area (Å²) in [5.41, 5.74) is 6.11. The fraction of sp³-hybridized carbons (Fsp3) is 0.625. The van der Waals surface area contributed by atoms with E-state index in [1.54, 1.807) is 11.8 Å². The normalized spacial score (nSPS) is 29.9. The van der Waals surface area contributed by atoms with Crippen molar-refractivity contribution in [3.63, 3.8) is 0 Å². The molecule has 64 valence electrons. The summed E-state index contributed by atoms with van der Waals surface area (Å²) in [5.74, 6) is 0. The molecule has 12 heavy (non-hydrogen) atoms. The second-order valence-corrected chi connectivity index (χ2v) is 4.62. The first kappa shape index (κ1) is 6.97. The zero-order valence-electron chi connectivity index (χ0n) is 6.79. The third-order valence-corrected chi connectivity index (χ3v) is 3.87. The maximum absolute atomic E-state index is 6.08. The zero-order valence-corrected chi connectivity index (χ0v) is 7.60. The van der Waals surface area contributed by atoms with Crippen LogP contribution in [0.2, 0.25) is 0 Å². The van der Waals surface area contributed by atoms with Crippen LogP contribution >= 0.6 is 11.8 Å². The average molecular weight is 181 g/mol. The van der Waals surface area contributed by atoms with Gasteiger partial charge in [0.05, 0.1) is 6.54 Å². The molecule has 0 unspecified atom stereocenters. The summed E-state index contributed by atoms with van der Waals surface area (Å²) in [6.45, 7) is 1.99. The molecule has 1 fully saturated rings. The number of aliphatic imine (C=N–C) groups is 1. The average Bonchev–Trinajstić information content (AvgIpc) is 2.50. The van der Waals surface area contributed by atoms with Crippen molar-refractivity contribution in [2.75, 3.05) is 13.1 Å². The summed E-state index contributed by atoms with van der Waals surface area (Å²) >= 11 is 1.76. The fourth-order valence-electron chi connectivity index (χ4n) is 1.53. The van der Waals surface area contributed by atoms with Crippen molar-refractivity contribution in [2.45, 2.75) is 18.4 Å². The van der Waals surface area contributed by atoms with Crippen LogP contribution in [-0.2, 0) is 0 Å².